The molecule has 7 nitrogen and oxygen atoms in total. The zero-order chi connectivity index (χ0) is 27.9. The summed E-state index contributed by atoms with van der Waals surface area (Å²) in [6, 6.07) is 4.29. The number of hydrogen-bond acceptors (Lipinski definition) is 6. The highest BCUT2D eigenvalue weighted by Gasteiger charge is 2.58. The number of carboxylic acid groups (broad SMARTS) is 1. The number of aromatic nitrogens is 1. The largest absolute Gasteiger partial charge is 0.478 e. The Bertz CT molecular complexity index is 1220. The van der Waals surface area contributed by atoms with Gasteiger partial charge in [-0.3, -0.25) is 4.79 Å². The molecule has 9 heteroatoms. The van der Waals surface area contributed by atoms with Gasteiger partial charge < -0.3 is 14.7 Å². The molecule has 0 bridgehead atoms. The Labute approximate surface area is 231 Å². The monoisotopic (exact) mass is 590 g/mol. The molecule has 1 aliphatic rings. The van der Waals surface area contributed by atoms with E-state index < -0.39 is 35.0 Å². The molecule has 1 aromatic carbocycles. The molecule has 0 radical (unpaired) electrons. The smallest absolute Gasteiger partial charge is 0.336 e. The topological polar surface area (TPSA) is 96.8 Å². The molecule has 1 aromatic heterocycles. The lowest BCUT2D eigenvalue weighted by atomic mass is 9.85. The first kappa shape index (κ1) is 29.0. The van der Waals surface area contributed by atoms with Gasteiger partial charge in [0.2, 0.25) is 0 Å². The standard InChI is InChI=1S/C28H35BrN2O5S/c1-16(2)14-28(25(35)36-27(6,7)8)15-18(24(33)34)21(22-30-11-12-37-22)31(28)23(32)17-9-10-19(20(29)13-17)26(3,4)5/h9-13,15-16,21H,14H2,1-8H3,(H,33,34)/t21-,28+/m1/s1. The fourth-order valence-electron chi connectivity index (χ4n) is 4.65. The number of ether oxygens (including phenoxy) is 1. The second kappa shape index (κ2) is 10.3. The van der Waals surface area contributed by atoms with Crippen LogP contribution >= 0.6 is 27.3 Å². The Balaban J connectivity index is 2.28. The van der Waals surface area contributed by atoms with Crippen LogP contribution in [0.2, 0.25) is 0 Å². The van der Waals surface area contributed by atoms with Gasteiger partial charge in [-0.1, -0.05) is 56.6 Å². The summed E-state index contributed by atoms with van der Waals surface area (Å²) in [7, 11) is 0. The summed E-state index contributed by atoms with van der Waals surface area (Å²) in [5, 5.41) is 12.4. The fourth-order valence-corrected chi connectivity index (χ4v) is 6.37. The number of thiazole rings is 1. The summed E-state index contributed by atoms with van der Waals surface area (Å²) in [5.41, 5.74) is -1.35. The number of carbonyl (C=O) groups is 3. The third-order valence-electron chi connectivity index (χ3n) is 6.02. The van der Waals surface area contributed by atoms with Crippen LogP contribution in [0.25, 0.3) is 0 Å². The molecule has 2 aromatic rings. The van der Waals surface area contributed by atoms with Gasteiger partial charge in [0, 0.05) is 21.6 Å². The zero-order valence-electron chi connectivity index (χ0n) is 22.6. The average Bonchev–Trinajstić information content (AvgIpc) is 3.37. The quantitative estimate of drug-likeness (QED) is 0.384. The van der Waals surface area contributed by atoms with Gasteiger partial charge in [-0.05, 0) is 62.3 Å². The van der Waals surface area contributed by atoms with Crippen molar-refractivity contribution in [1.29, 1.82) is 0 Å². The van der Waals surface area contributed by atoms with Crippen molar-refractivity contribution in [2.75, 3.05) is 0 Å². The van der Waals surface area contributed by atoms with Crippen LogP contribution < -0.4 is 0 Å². The van der Waals surface area contributed by atoms with Crippen molar-refractivity contribution in [2.45, 2.75) is 84.4 Å². The van der Waals surface area contributed by atoms with Crippen LogP contribution in [0.5, 0.6) is 0 Å². The highest BCUT2D eigenvalue weighted by atomic mass is 79.9. The third-order valence-corrected chi connectivity index (χ3v) is 7.51. The minimum atomic E-state index is -1.63. The second-order valence-corrected chi connectivity index (χ2v) is 13.6. The van der Waals surface area contributed by atoms with Crippen molar-refractivity contribution in [2.24, 2.45) is 5.92 Å². The van der Waals surface area contributed by atoms with Gasteiger partial charge in [0.25, 0.3) is 5.91 Å². The minimum Gasteiger partial charge on any atom is -0.478 e. The van der Waals surface area contributed by atoms with Crippen LogP contribution in [0.15, 0.2) is 45.9 Å². The molecule has 0 spiro atoms. The van der Waals surface area contributed by atoms with Gasteiger partial charge in [-0.15, -0.1) is 11.3 Å². The van der Waals surface area contributed by atoms with E-state index in [1.54, 1.807) is 44.5 Å². The van der Waals surface area contributed by atoms with E-state index in [0.717, 1.165) is 10.0 Å². The highest BCUT2D eigenvalue weighted by Crippen LogP contribution is 2.48. The molecule has 1 amide bonds. The van der Waals surface area contributed by atoms with Crippen LogP contribution in [0.4, 0.5) is 0 Å². The maximum absolute atomic E-state index is 14.3. The third kappa shape index (κ3) is 5.98. The second-order valence-electron chi connectivity index (χ2n) is 11.8. The molecule has 0 saturated heterocycles. The summed E-state index contributed by atoms with van der Waals surface area (Å²) < 4.78 is 6.59. The molecule has 0 aliphatic carbocycles. The first-order valence-electron chi connectivity index (χ1n) is 12.2. The molecule has 1 N–H and O–H groups in total. The Morgan fingerprint density at radius 2 is 1.84 bits per heavy atom. The van der Waals surface area contributed by atoms with Crippen LogP contribution in [0, 0.1) is 5.92 Å². The van der Waals surface area contributed by atoms with Gasteiger partial charge in [-0.2, -0.15) is 0 Å². The molecule has 2 atom stereocenters. The molecule has 200 valence electrons. The molecule has 1 aliphatic heterocycles. The van der Waals surface area contributed by atoms with Crippen LogP contribution in [-0.4, -0.2) is 44.0 Å². The van der Waals surface area contributed by atoms with Crippen molar-refractivity contribution in [3.05, 3.63) is 62.0 Å². The number of carboxylic acids is 1. The van der Waals surface area contributed by atoms with Crippen LogP contribution in [0.3, 0.4) is 0 Å². The lowest BCUT2D eigenvalue weighted by Crippen LogP contribution is -2.56. The Hall–Kier alpha value is -2.52. The van der Waals surface area contributed by atoms with Crippen LogP contribution in [-0.2, 0) is 19.7 Å². The summed E-state index contributed by atoms with van der Waals surface area (Å²) in [6.45, 7) is 15.3. The fraction of sp³-hybridized carbons (Fsp3) is 0.500. The van der Waals surface area contributed by atoms with Crippen molar-refractivity contribution >= 4 is 45.1 Å². The van der Waals surface area contributed by atoms with Gasteiger partial charge in [-0.25, -0.2) is 14.6 Å². The predicted molar refractivity (Wildman–Crippen MR) is 148 cm³/mol. The zero-order valence-corrected chi connectivity index (χ0v) is 25.0. The maximum atomic E-state index is 14.3. The van der Waals surface area contributed by atoms with Gasteiger partial charge in [0.1, 0.15) is 16.7 Å². The number of nitrogens with zero attached hydrogens (tertiary/aromatic N) is 2. The van der Waals surface area contributed by atoms with Crippen molar-refractivity contribution in [3.8, 4) is 0 Å². The molecule has 0 saturated carbocycles. The van der Waals surface area contributed by atoms with Gasteiger partial charge in [0.15, 0.2) is 5.54 Å². The molecule has 0 unspecified atom stereocenters. The average molecular weight is 592 g/mol. The van der Waals surface area contributed by atoms with E-state index in [1.807, 2.05) is 19.9 Å². The molecular formula is C28H35BrN2O5S. The highest BCUT2D eigenvalue weighted by molar-refractivity contribution is 9.10. The first-order chi connectivity index (χ1) is 17.0. The van der Waals surface area contributed by atoms with E-state index >= 15 is 0 Å². The van der Waals surface area contributed by atoms with E-state index in [1.165, 1.54) is 22.3 Å². The Morgan fingerprint density at radius 3 is 2.30 bits per heavy atom. The van der Waals surface area contributed by atoms with E-state index in [2.05, 4.69) is 41.7 Å². The number of benzene rings is 1. The normalized spacial score (nSPS) is 20.2. The van der Waals surface area contributed by atoms with Crippen molar-refractivity contribution in [3.63, 3.8) is 0 Å². The number of hydrogen-bond donors (Lipinski definition) is 1. The van der Waals surface area contributed by atoms with Crippen molar-refractivity contribution < 1.29 is 24.2 Å². The van der Waals surface area contributed by atoms with E-state index in [-0.39, 0.29) is 23.3 Å². The number of halogens is 1. The molecule has 2 heterocycles. The number of esters is 1. The summed E-state index contributed by atoms with van der Waals surface area (Å²) in [6.07, 6.45) is 3.16. The van der Waals surface area contributed by atoms with E-state index in [0.29, 0.717) is 10.6 Å². The van der Waals surface area contributed by atoms with Crippen molar-refractivity contribution in [1.82, 2.24) is 9.88 Å². The number of rotatable bonds is 6. The maximum Gasteiger partial charge on any atom is 0.336 e. The Kier molecular flexibility index (Phi) is 8.11. The van der Waals surface area contributed by atoms with E-state index in [4.69, 9.17) is 4.74 Å². The minimum absolute atomic E-state index is 0.0563. The summed E-state index contributed by atoms with van der Waals surface area (Å²) in [4.78, 5) is 46.5. The number of amides is 1. The summed E-state index contributed by atoms with van der Waals surface area (Å²) >= 11 is 4.85. The summed E-state index contributed by atoms with van der Waals surface area (Å²) in [5.74, 6) is -2.40. The van der Waals surface area contributed by atoms with E-state index in [9.17, 15) is 19.5 Å². The number of carbonyl (C=O) groups excluding carboxylic acids is 2. The lowest BCUT2D eigenvalue weighted by Gasteiger charge is -2.41. The SMILES string of the molecule is CC(C)C[C@@]1(C(=O)OC(C)(C)C)C=C(C(=O)O)[C@H](c2nccs2)N1C(=O)c1ccc(C(C)(C)C)c(Br)c1. The lowest BCUT2D eigenvalue weighted by molar-refractivity contribution is -0.166. The molecule has 3 rings (SSSR count). The molecule has 0 fully saturated rings. The molecule has 37 heavy (non-hydrogen) atoms. The predicted octanol–water partition coefficient (Wildman–Crippen LogP) is 6.54. The van der Waals surface area contributed by atoms with Gasteiger partial charge in [0.05, 0.1) is 5.57 Å². The molecular weight excluding hydrogens is 556 g/mol. The van der Waals surface area contributed by atoms with Crippen LogP contribution in [0.1, 0.15) is 88.8 Å². The van der Waals surface area contributed by atoms with Gasteiger partial charge >= 0.3 is 11.9 Å². The Morgan fingerprint density at radius 1 is 1.19 bits per heavy atom. The number of aliphatic carboxylic acids is 1. The first-order valence-corrected chi connectivity index (χ1v) is 13.9.